The van der Waals surface area contributed by atoms with Crippen molar-refractivity contribution in [2.45, 2.75) is 59.7 Å². The van der Waals surface area contributed by atoms with Crippen molar-refractivity contribution in [1.29, 1.82) is 0 Å². The number of hydrogen-bond donors (Lipinski definition) is 2. The lowest BCUT2D eigenvalue weighted by Gasteiger charge is -2.40. The Morgan fingerprint density at radius 2 is 1.51 bits per heavy atom. The zero-order chi connectivity index (χ0) is 28.1. The van der Waals surface area contributed by atoms with E-state index in [4.69, 9.17) is 0 Å². The van der Waals surface area contributed by atoms with E-state index in [0.29, 0.717) is 56.6 Å². The molecule has 1 saturated carbocycles. The maximum Gasteiger partial charge on any atom is 0.310 e. The maximum atomic E-state index is 13.3. The second kappa shape index (κ2) is 8.98. The predicted molar refractivity (Wildman–Crippen MR) is 142 cm³/mol. The van der Waals surface area contributed by atoms with Gasteiger partial charge in [0.15, 0.2) is 9.84 Å². The van der Waals surface area contributed by atoms with Gasteiger partial charge in [-0.25, -0.2) is 8.42 Å². The van der Waals surface area contributed by atoms with Crippen molar-refractivity contribution in [3.63, 3.8) is 0 Å². The summed E-state index contributed by atoms with van der Waals surface area (Å²) in [5.41, 5.74) is 2.46. The Morgan fingerprint density at radius 1 is 0.872 bits per heavy atom. The van der Waals surface area contributed by atoms with Gasteiger partial charge >= 0.3 is 10.2 Å². The number of sulfone groups is 1. The maximum absolute atomic E-state index is 13.3. The van der Waals surface area contributed by atoms with Crippen LogP contribution in [0, 0.1) is 0 Å². The lowest BCUT2D eigenvalue weighted by Crippen LogP contribution is -2.32. The highest BCUT2D eigenvalue weighted by atomic mass is 32.5. The lowest BCUT2D eigenvalue weighted by molar-refractivity contribution is 0.0951. The summed E-state index contributed by atoms with van der Waals surface area (Å²) in [6.45, 7) is 1.34. The van der Waals surface area contributed by atoms with Crippen molar-refractivity contribution in [2.75, 3.05) is 11.9 Å². The molecule has 1 fully saturated rings. The zero-order valence-corrected chi connectivity index (χ0v) is 22.4. The number of anilines is 1. The molecule has 1 aliphatic heterocycles. The van der Waals surface area contributed by atoms with Crippen LogP contribution in [0.3, 0.4) is 0 Å². The molecule has 39 heavy (non-hydrogen) atoms. The van der Waals surface area contributed by atoms with E-state index in [1.165, 1.54) is 0 Å². The third-order valence-electron chi connectivity index (χ3n) is 7.29. The Bertz CT molecular complexity index is 1500. The molecule has 1 aromatic heterocycles. The first-order chi connectivity index (χ1) is 18.1. The van der Waals surface area contributed by atoms with Gasteiger partial charge in [0, 0.05) is 36.6 Å². The zero-order valence-electron chi connectivity index (χ0n) is 20.8. The molecule has 3 aromatic rings. The van der Waals surface area contributed by atoms with Crippen LogP contribution in [0.25, 0.3) is 11.1 Å². The first-order valence-electron chi connectivity index (χ1n) is 12.5. The van der Waals surface area contributed by atoms with Gasteiger partial charge in [-0.1, -0.05) is 31.6 Å². The molecule has 0 radical (unpaired) electrons. The quantitative estimate of drug-likeness (QED) is 0.300. The van der Waals surface area contributed by atoms with E-state index in [1.54, 1.807) is 30.3 Å². The molecule has 13 heteroatoms. The number of amides is 1. The molecule has 0 spiro atoms. The number of rotatable bonds is 6. The fourth-order valence-corrected chi connectivity index (χ4v) is 7.62. The molecule has 2 heterocycles. The van der Waals surface area contributed by atoms with Crippen LogP contribution in [0.2, 0.25) is 0 Å². The fourth-order valence-electron chi connectivity index (χ4n) is 5.18. The Kier molecular flexibility index (Phi) is 6.33. The van der Waals surface area contributed by atoms with Gasteiger partial charge in [-0.3, -0.25) is 4.79 Å². The third-order valence-corrected chi connectivity index (χ3v) is 10.7. The molecule has 0 bridgehead atoms. The highest BCUT2D eigenvalue weighted by Gasteiger charge is 2.65. The van der Waals surface area contributed by atoms with Gasteiger partial charge in [0.2, 0.25) is 0 Å². The third kappa shape index (κ3) is 5.93. The number of aryl methyl sites for hydroxylation is 1. The van der Waals surface area contributed by atoms with Gasteiger partial charge < -0.3 is 15.2 Å². The largest absolute Gasteiger partial charge is 0.382 e. The number of fused-ring (bicyclic) bond motifs is 1. The minimum atomic E-state index is -9.72. The second-order valence-corrected chi connectivity index (χ2v) is 14.7. The Hall–Kier alpha value is -3.06. The molecule has 0 unspecified atom stereocenters. The summed E-state index contributed by atoms with van der Waals surface area (Å²) >= 11 is 0. The Labute approximate surface area is 223 Å². The van der Waals surface area contributed by atoms with E-state index in [2.05, 4.69) is 10.6 Å². The molecule has 0 atom stereocenters. The SMILES string of the molecule is O=C1NCCCn2cc(-c3ccc(S(=O)(=O)C4CCC(Nc5ccc(S(F)(F)(F)(F)F)cc5)CC4)cc3)cc21. The molecule has 2 N–H and O–H groups in total. The van der Waals surface area contributed by atoms with Gasteiger partial charge in [0.05, 0.1) is 10.1 Å². The molecule has 2 aliphatic rings. The topological polar surface area (TPSA) is 80.2 Å². The van der Waals surface area contributed by atoms with E-state index in [1.807, 2.05) is 10.8 Å². The number of carbonyl (C=O) groups excluding carboxylic acids is 1. The number of benzene rings is 2. The first-order valence-corrected chi connectivity index (χ1v) is 16.0. The van der Waals surface area contributed by atoms with Crippen LogP contribution < -0.4 is 10.6 Å². The minimum absolute atomic E-state index is 0.135. The molecule has 212 valence electrons. The van der Waals surface area contributed by atoms with Crippen molar-refractivity contribution in [3.05, 3.63) is 66.5 Å². The number of aromatic nitrogens is 1. The van der Waals surface area contributed by atoms with Crippen molar-refractivity contribution in [1.82, 2.24) is 9.88 Å². The van der Waals surface area contributed by atoms with Gasteiger partial charge in [-0.15, -0.1) is 0 Å². The highest BCUT2D eigenvalue weighted by molar-refractivity contribution is 8.45. The van der Waals surface area contributed by atoms with Crippen LogP contribution in [0.1, 0.15) is 42.6 Å². The van der Waals surface area contributed by atoms with Crippen molar-refractivity contribution in [2.24, 2.45) is 0 Å². The van der Waals surface area contributed by atoms with Crippen molar-refractivity contribution >= 4 is 31.7 Å². The minimum Gasteiger partial charge on any atom is -0.382 e. The molecule has 1 aliphatic carbocycles. The van der Waals surface area contributed by atoms with Crippen LogP contribution >= 0.6 is 10.2 Å². The summed E-state index contributed by atoms with van der Waals surface area (Å²) in [5.74, 6) is -0.135. The fraction of sp³-hybridized carbons (Fsp3) is 0.346. The summed E-state index contributed by atoms with van der Waals surface area (Å²) in [4.78, 5) is 10.5. The number of nitrogens with one attached hydrogen (secondary N) is 2. The summed E-state index contributed by atoms with van der Waals surface area (Å²) < 4.78 is 93.1. The molecule has 1 amide bonds. The average Bonchev–Trinajstić information content (AvgIpc) is 3.22. The normalized spacial score (nSPS) is 22.1. The van der Waals surface area contributed by atoms with Gasteiger partial charge in [0.25, 0.3) is 5.91 Å². The van der Waals surface area contributed by atoms with Crippen LogP contribution in [0.4, 0.5) is 25.1 Å². The van der Waals surface area contributed by atoms with Crippen LogP contribution in [0.15, 0.2) is 70.6 Å². The number of carbonyl (C=O) groups is 1. The van der Waals surface area contributed by atoms with Crippen LogP contribution in [-0.2, 0) is 16.4 Å². The summed E-state index contributed by atoms with van der Waals surface area (Å²) in [5, 5.41) is 5.27. The molecule has 6 nitrogen and oxygen atoms in total. The van der Waals surface area contributed by atoms with Gasteiger partial charge in [-0.2, -0.15) is 0 Å². The van der Waals surface area contributed by atoms with E-state index in [0.717, 1.165) is 29.7 Å². The molecular formula is C26H28F5N3O3S2. The summed E-state index contributed by atoms with van der Waals surface area (Å²) in [6.07, 6.45) is 4.35. The smallest absolute Gasteiger partial charge is 0.310 e. The number of hydrogen-bond acceptors (Lipinski definition) is 4. The Morgan fingerprint density at radius 3 is 2.13 bits per heavy atom. The summed E-state index contributed by atoms with van der Waals surface area (Å²) in [7, 11) is -13.3. The van der Waals surface area contributed by atoms with E-state index >= 15 is 0 Å². The van der Waals surface area contributed by atoms with Crippen molar-refractivity contribution in [3.8, 4) is 11.1 Å². The first kappa shape index (κ1) is 27.5. The lowest BCUT2D eigenvalue weighted by atomic mass is 9.95. The van der Waals surface area contributed by atoms with Crippen molar-refractivity contribution < 1.29 is 32.6 Å². The molecule has 0 saturated heterocycles. The van der Waals surface area contributed by atoms with Crippen LogP contribution in [0.5, 0.6) is 0 Å². The molecule has 5 rings (SSSR count). The Balaban J connectivity index is 1.21. The average molecular weight is 590 g/mol. The molecular weight excluding hydrogens is 561 g/mol. The van der Waals surface area contributed by atoms with E-state index in [9.17, 15) is 32.6 Å². The predicted octanol–water partition coefficient (Wildman–Crippen LogP) is 7.14. The monoisotopic (exact) mass is 589 g/mol. The second-order valence-electron chi connectivity index (χ2n) is 10.1. The van der Waals surface area contributed by atoms with E-state index < -0.39 is 30.2 Å². The summed E-state index contributed by atoms with van der Waals surface area (Å²) in [6, 6.07) is 10.9. The highest BCUT2D eigenvalue weighted by Crippen LogP contribution is 3.02. The number of halogens is 5. The standard InChI is InChI=1S/C26H28F5N3O3S2/c27-39(28,29,30,31)24-12-6-21(7-13-24)33-20-4-10-23(11-5-20)38(36,37)22-8-2-18(3-9-22)19-16-25-26(35)32-14-1-15-34(25)17-19/h2-3,6-9,12-13,16-17,20,23,33H,1,4-5,10-11,14-15H2,(H,32,35). The van der Waals surface area contributed by atoms with Crippen LogP contribution in [-0.4, -0.2) is 36.7 Å². The van der Waals surface area contributed by atoms with Gasteiger partial charge in [0.1, 0.15) is 10.6 Å². The van der Waals surface area contributed by atoms with E-state index in [-0.39, 0.29) is 22.5 Å². The molecule has 2 aromatic carbocycles. The van der Waals surface area contributed by atoms with Gasteiger partial charge in [-0.05, 0) is 80.1 Å². The number of nitrogens with zero attached hydrogens (tertiary/aromatic N) is 1.